The maximum absolute atomic E-state index is 13.3. The number of carbonyl (C=O) groups excluding carboxylic acids is 2. The van der Waals surface area contributed by atoms with Gasteiger partial charge in [-0.15, -0.1) is 0 Å². The summed E-state index contributed by atoms with van der Waals surface area (Å²) in [6, 6.07) is 20.3. The molecule has 1 aliphatic rings. The van der Waals surface area contributed by atoms with Crippen molar-refractivity contribution in [2.45, 2.75) is 25.8 Å². The van der Waals surface area contributed by atoms with Crippen molar-refractivity contribution < 1.29 is 29.3 Å². The molecule has 1 atom stereocenters. The number of ether oxygens (including phenoxy) is 2. The van der Waals surface area contributed by atoms with E-state index in [1.165, 1.54) is 18.1 Å². The van der Waals surface area contributed by atoms with Crippen LogP contribution in [0.1, 0.15) is 36.1 Å². The van der Waals surface area contributed by atoms with Crippen LogP contribution in [0.15, 0.2) is 78.4 Å². The van der Waals surface area contributed by atoms with Crippen molar-refractivity contribution >= 4 is 17.4 Å². The summed E-state index contributed by atoms with van der Waals surface area (Å²) in [5.74, 6) is -1.05. The minimum Gasteiger partial charge on any atom is -0.507 e. The number of Topliss-reactive ketones (excluding diaryl/α,β-unsaturated/α-hetero) is 1. The molecule has 3 aromatic carbocycles. The number of aromatic hydroxyl groups is 1. The largest absolute Gasteiger partial charge is 0.507 e. The van der Waals surface area contributed by atoms with Gasteiger partial charge < -0.3 is 24.6 Å². The first-order valence-electron chi connectivity index (χ1n) is 11.9. The highest BCUT2D eigenvalue weighted by Crippen LogP contribution is 2.42. The van der Waals surface area contributed by atoms with E-state index in [1.54, 1.807) is 36.4 Å². The van der Waals surface area contributed by atoms with Crippen LogP contribution in [0.2, 0.25) is 0 Å². The number of carbonyl (C=O) groups is 2. The summed E-state index contributed by atoms with van der Waals surface area (Å²) in [6.45, 7) is 2.77. The number of nitrogens with zero attached hydrogens (tertiary/aromatic N) is 1. The SMILES string of the molecule is CCCOc1cccc(/C(O)=C2\C(=O)C(=O)N(CCc3ccccc3)C2c2ccc(O)c(OC)c2)c1. The van der Waals surface area contributed by atoms with Crippen molar-refractivity contribution in [3.05, 3.63) is 95.1 Å². The van der Waals surface area contributed by atoms with E-state index >= 15 is 0 Å². The van der Waals surface area contributed by atoms with Crippen LogP contribution in [0.4, 0.5) is 0 Å². The van der Waals surface area contributed by atoms with Crippen LogP contribution in [-0.2, 0) is 16.0 Å². The molecule has 1 saturated heterocycles. The highest BCUT2D eigenvalue weighted by molar-refractivity contribution is 6.46. The van der Waals surface area contributed by atoms with Gasteiger partial charge in [0.1, 0.15) is 11.5 Å². The summed E-state index contributed by atoms with van der Waals surface area (Å²) in [6.07, 6.45) is 1.35. The normalized spacial score (nSPS) is 16.8. The van der Waals surface area contributed by atoms with Crippen molar-refractivity contribution in [1.82, 2.24) is 4.90 Å². The molecule has 7 nitrogen and oxygen atoms in total. The van der Waals surface area contributed by atoms with E-state index in [-0.39, 0.29) is 29.4 Å². The molecule has 7 heteroatoms. The van der Waals surface area contributed by atoms with Crippen molar-refractivity contribution in [1.29, 1.82) is 0 Å². The second kappa shape index (κ2) is 11.0. The lowest BCUT2D eigenvalue weighted by Crippen LogP contribution is -2.31. The fourth-order valence-electron chi connectivity index (χ4n) is 4.32. The van der Waals surface area contributed by atoms with E-state index < -0.39 is 17.7 Å². The number of benzene rings is 3. The Labute approximate surface area is 210 Å². The Morgan fingerprint density at radius 3 is 2.50 bits per heavy atom. The van der Waals surface area contributed by atoms with Gasteiger partial charge in [-0.3, -0.25) is 9.59 Å². The van der Waals surface area contributed by atoms with Gasteiger partial charge >= 0.3 is 0 Å². The molecule has 36 heavy (non-hydrogen) atoms. The molecule has 0 spiro atoms. The molecule has 1 heterocycles. The zero-order chi connectivity index (χ0) is 25.7. The van der Waals surface area contributed by atoms with Crippen LogP contribution in [-0.4, -0.2) is 47.1 Å². The first-order valence-corrected chi connectivity index (χ1v) is 11.9. The quantitative estimate of drug-likeness (QED) is 0.254. The van der Waals surface area contributed by atoms with Crippen molar-refractivity contribution in [3.63, 3.8) is 0 Å². The second-order valence-corrected chi connectivity index (χ2v) is 8.54. The minimum atomic E-state index is -0.858. The molecule has 0 radical (unpaired) electrons. The number of likely N-dealkylation sites (tertiary alicyclic amines) is 1. The topological polar surface area (TPSA) is 96.3 Å². The summed E-state index contributed by atoms with van der Waals surface area (Å²) in [7, 11) is 1.42. The summed E-state index contributed by atoms with van der Waals surface area (Å²) in [5, 5.41) is 21.4. The highest BCUT2D eigenvalue weighted by Gasteiger charge is 2.46. The number of phenols is 1. The molecule has 1 unspecified atom stereocenters. The third-order valence-corrected chi connectivity index (χ3v) is 6.12. The first kappa shape index (κ1) is 24.9. The highest BCUT2D eigenvalue weighted by atomic mass is 16.5. The molecule has 2 N–H and O–H groups in total. The number of hydrogen-bond donors (Lipinski definition) is 2. The van der Waals surface area contributed by atoms with E-state index in [0.717, 1.165) is 12.0 Å². The zero-order valence-electron chi connectivity index (χ0n) is 20.3. The Morgan fingerprint density at radius 1 is 1.00 bits per heavy atom. The predicted octanol–water partition coefficient (Wildman–Crippen LogP) is 4.85. The minimum absolute atomic E-state index is 0.0200. The van der Waals surface area contributed by atoms with Crippen LogP contribution in [0, 0.1) is 0 Å². The zero-order valence-corrected chi connectivity index (χ0v) is 20.3. The van der Waals surface area contributed by atoms with Gasteiger partial charge in [0.15, 0.2) is 11.5 Å². The van der Waals surface area contributed by atoms with E-state index in [9.17, 15) is 19.8 Å². The van der Waals surface area contributed by atoms with Crippen molar-refractivity contribution in [3.8, 4) is 17.2 Å². The van der Waals surface area contributed by atoms with E-state index in [1.807, 2.05) is 37.3 Å². The summed E-state index contributed by atoms with van der Waals surface area (Å²) >= 11 is 0. The lowest BCUT2D eigenvalue weighted by molar-refractivity contribution is -0.139. The van der Waals surface area contributed by atoms with Gasteiger partial charge in [0.25, 0.3) is 11.7 Å². The van der Waals surface area contributed by atoms with E-state index in [2.05, 4.69) is 0 Å². The first-order chi connectivity index (χ1) is 17.4. The van der Waals surface area contributed by atoms with Gasteiger partial charge in [-0.2, -0.15) is 0 Å². The molecule has 0 aromatic heterocycles. The third-order valence-electron chi connectivity index (χ3n) is 6.12. The van der Waals surface area contributed by atoms with E-state index in [0.29, 0.717) is 29.9 Å². The Bertz CT molecular complexity index is 1280. The predicted molar refractivity (Wildman–Crippen MR) is 136 cm³/mol. The molecule has 0 saturated carbocycles. The van der Waals surface area contributed by atoms with Gasteiger partial charge in [0.2, 0.25) is 0 Å². The monoisotopic (exact) mass is 487 g/mol. The van der Waals surface area contributed by atoms with Crippen LogP contribution in [0.3, 0.4) is 0 Å². The van der Waals surface area contributed by atoms with Crippen molar-refractivity contribution in [2.75, 3.05) is 20.3 Å². The molecule has 1 fully saturated rings. The van der Waals surface area contributed by atoms with Crippen LogP contribution >= 0.6 is 0 Å². The average Bonchev–Trinajstić information content (AvgIpc) is 3.16. The van der Waals surface area contributed by atoms with Crippen LogP contribution < -0.4 is 9.47 Å². The molecule has 3 aromatic rings. The van der Waals surface area contributed by atoms with Gasteiger partial charge in [-0.25, -0.2) is 0 Å². The second-order valence-electron chi connectivity index (χ2n) is 8.54. The Balaban J connectivity index is 1.80. The number of aliphatic hydroxyl groups excluding tert-OH is 1. The van der Waals surface area contributed by atoms with E-state index in [4.69, 9.17) is 9.47 Å². The molecule has 186 valence electrons. The number of amides is 1. The fraction of sp³-hybridized carbons (Fsp3) is 0.241. The number of phenolic OH excluding ortho intramolecular Hbond substituents is 1. The molecular weight excluding hydrogens is 458 g/mol. The van der Waals surface area contributed by atoms with Gasteiger partial charge in [-0.1, -0.05) is 55.5 Å². The number of ketones is 1. The maximum Gasteiger partial charge on any atom is 0.295 e. The van der Waals surface area contributed by atoms with Gasteiger partial charge in [0.05, 0.1) is 25.3 Å². The number of aliphatic hydroxyl groups is 1. The molecule has 0 bridgehead atoms. The summed E-state index contributed by atoms with van der Waals surface area (Å²) < 4.78 is 10.9. The Hall–Kier alpha value is -4.26. The van der Waals surface area contributed by atoms with Crippen molar-refractivity contribution in [2.24, 2.45) is 0 Å². The summed E-state index contributed by atoms with van der Waals surface area (Å²) in [5.41, 5.74) is 1.91. The number of rotatable bonds is 9. The van der Waals surface area contributed by atoms with Crippen LogP contribution in [0.25, 0.3) is 5.76 Å². The average molecular weight is 488 g/mol. The summed E-state index contributed by atoms with van der Waals surface area (Å²) in [4.78, 5) is 28.0. The number of methoxy groups -OCH3 is 1. The molecule has 1 amide bonds. The number of hydrogen-bond acceptors (Lipinski definition) is 6. The molecule has 1 aliphatic heterocycles. The van der Waals surface area contributed by atoms with Gasteiger partial charge in [0, 0.05) is 12.1 Å². The molecule has 4 rings (SSSR count). The van der Waals surface area contributed by atoms with Crippen LogP contribution in [0.5, 0.6) is 17.2 Å². The third kappa shape index (κ3) is 5.05. The standard InChI is InChI=1S/C29H29NO6/c1-3-16-36-22-11-7-10-21(17-22)27(32)25-26(20-12-13-23(31)24(18-20)35-2)30(29(34)28(25)33)15-14-19-8-5-4-6-9-19/h4-13,17-18,26,31-32H,3,14-16H2,1-2H3/b27-25+. The molecule has 0 aliphatic carbocycles. The lowest BCUT2D eigenvalue weighted by Gasteiger charge is -2.26. The lowest BCUT2D eigenvalue weighted by atomic mass is 9.94. The maximum atomic E-state index is 13.3. The Kier molecular flexibility index (Phi) is 7.59. The fourth-order valence-corrected chi connectivity index (χ4v) is 4.32. The van der Waals surface area contributed by atoms with Gasteiger partial charge in [-0.05, 0) is 48.2 Å². The molecular formula is C29H29NO6. The Morgan fingerprint density at radius 2 is 1.78 bits per heavy atom. The smallest absolute Gasteiger partial charge is 0.295 e.